The van der Waals surface area contributed by atoms with Crippen molar-refractivity contribution in [3.63, 3.8) is 0 Å². The summed E-state index contributed by atoms with van der Waals surface area (Å²) >= 11 is 0. The number of rotatable bonds is 6. The zero-order valence-electron chi connectivity index (χ0n) is 15.9. The molecule has 0 spiro atoms. The van der Waals surface area contributed by atoms with Gasteiger partial charge in [0.2, 0.25) is 5.91 Å². The predicted molar refractivity (Wildman–Crippen MR) is 94.7 cm³/mol. The molecule has 1 N–H and O–H groups in total. The number of hydrogen-bond acceptors (Lipinski definition) is 5. The van der Waals surface area contributed by atoms with Gasteiger partial charge in [0.1, 0.15) is 0 Å². The summed E-state index contributed by atoms with van der Waals surface area (Å²) in [5.41, 5.74) is 2.11. The maximum atomic E-state index is 12.3. The van der Waals surface area contributed by atoms with E-state index in [0.717, 1.165) is 6.42 Å². The molecule has 28 heavy (non-hydrogen) atoms. The first-order chi connectivity index (χ1) is 13.0. The molecule has 1 aromatic carbocycles. The van der Waals surface area contributed by atoms with E-state index in [2.05, 4.69) is 5.10 Å². The van der Waals surface area contributed by atoms with E-state index in [1.54, 1.807) is 17.7 Å². The second-order valence-electron chi connectivity index (χ2n) is 7.06. The fraction of sp³-hybridized carbons (Fsp3) is 0.350. The van der Waals surface area contributed by atoms with Gasteiger partial charge in [0.05, 0.1) is 35.4 Å². The van der Waals surface area contributed by atoms with Crippen LogP contribution < -0.4 is 34.7 Å². The molecule has 2 aromatic rings. The average Bonchev–Trinajstić information content (AvgIpc) is 3.23. The Kier molecular flexibility index (Phi) is 6.09. The Balaban J connectivity index is 0.00000225. The maximum Gasteiger partial charge on any atom is 1.00 e. The van der Waals surface area contributed by atoms with E-state index in [1.165, 1.54) is 10.5 Å². The minimum atomic E-state index is -1.39. The second-order valence-corrected chi connectivity index (χ2v) is 7.06. The SMILES string of the molecule is C[C@@H](O)[C@H]1C(=O)N2C(C(=O)[O-])=C(c3ccn(CCc4ccccc4)n3)C[C@H]12.[Na+]. The Labute approximate surface area is 184 Å². The van der Waals surface area contributed by atoms with Gasteiger partial charge in [0.25, 0.3) is 0 Å². The van der Waals surface area contributed by atoms with Gasteiger partial charge in [0.15, 0.2) is 0 Å². The number of β-lactam (4-membered cyclic amide) rings is 1. The molecule has 1 amide bonds. The molecule has 140 valence electrons. The molecular weight excluding hydrogens is 369 g/mol. The van der Waals surface area contributed by atoms with Gasteiger partial charge in [-0.2, -0.15) is 5.10 Å². The number of nitrogens with zero attached hydrogens (tertiary/aromatic N) is 3. The van der Waals surface area contributed by atoms with Crippen LogP contribution in [0.5, 0.6) is 0 Å². The topological polar surface area (TPSA) is 98.5 Å². The molecule has 4 rings (SSSR count). The first kappa shape index (κ1) is 20.8. The summed E-state index contributed by atoms with van der Waals surface area (Å²) in [6, 6.07) is 11.5. The number of carbonyl (C=O) groups is 2. The smallest absolute Gasteiger partial charge is 0.543 e. The van der Waals surface area contributed by atoms with Crippen LogP contribution in [0.4, 0.5) is 0 Å². The number of aliphatic hydroxyl groups excluding tert-OH is 1. The molecule has 1 saturated heterocycles. The molecule has 0 bridgehead atoms. The van der Waals surface area contributed by atoms with Crippen LogP contribution in [-0.4, -0.2) is 43.8 Å². The van der Waals surface area contributed by atoms with Gasteiger partial charge in [-0.25, -0.2) is 0 Å². The number of hydrogen-bond donors (Lipinski definition) is 1. The number of aliphatic carboxylic acids is 1. The largest absolute Gasteiger partial charge is 1.00 e. The molecule has 3 heterocycles. The Hall–Kier alpha value is -1.93. The zero-order chi connectivity index (χ0) is 19.1. The number of carboxylic acid groups (broad SMARTS) is 1. The van der Waals surface area contributed by atoms with Crippen molar-refractivity contribution in [1.29, 1.82) is 0 Å². The van der Waals surface area contributed by atoms with Crippen molar-refractivity contribution in [2.45, 2.75) is 38.5 Å². The molecule has 1 aromatic heterocycles. The fourth-order valence-corrected chi connectivity index (χ4v) is 4.02. The van der Waals surface area contributed by atoms with E-state index in [-0.39, 0.29) is 47.2 Å². The van der Waals surface area contributed by atoms with E-state index in [9.17, 15) is 19.8 Å². The van der Waals surface area contributed by atoms with Gasteiger partial charge < -0.3 is 19.9 Å². The predicted octanol–water partition coefficient (Wildman–Crippen LogP) is -2.80. The fourth-order valence-electron chi connectivity index (χ4n) is 4.02. The Morgan fingerprint density at radius 1 is 1.32 bits per heavy atom. The van der Waals surface area contributed by atoms with Crippen LogP contribution in [0, 0.1) is 5.92 Å². The molecule has 0 unspecified atom stereocenters. The van der Waals surface area contributed by atoms with Gasteiger partial charge in [0, 0.05) is 18.3 Å². The number of aromatic nitrogens is 2. The van der Waals surface area contributed by atoms with E-state index < -0.39 is 18.0 Å². The van der Waals surface area contributed by atoms with Crippen molar-refractivity contribution in [1.82, 2.24) is 14.7 Å². The van der Waals surface area contributed by atoms with Crippen molar-refractivity contribution in [2.75, 3.05) is 0 Å². The molecule has 3 atom stereocenters. The van der Waals surface area contributed by atoms with Crippen molar-refractivity contribution in [3.8, 4) is 0 Å². The Bertz CT molecular complexity index is 923. The molecule has 2 aliphatic heterocycles. The summed E-state index contributed by atoms with van der Waals surface area (Å²) in [6.07, 6.45) is 2.16. The number of amides is 1. The second kappa shape index (κ2) is 8.21. The molecule has 7 nitrogen and oxygen atoms in total. The van der Waals surface area contributed by atoms with Crippen molar-refractivity contribution in [2.24, 2.45) is 5.92 Å². The Morgan fingerprint density at radius 3 is 2.68 bits per heavy atom. The first-order valence-corrected chi connectivity index (χ1v) is 9.00. The van der Waals surface area contributed by atoms with Crippen molar-refractivity contribution >= 4 is 17.4 Å². The normalized spacial score (nSPS) is 21.8. The number of aryl methyl sites for hydroxylation is 2. The van der Waals surface area contributed by atoms with Gasteiger partial charge in [-0.3, -0.25) is 9.48 Å². The molecule has 8 heteroatoms. The summed E-state index contributed by atoms with van der Waals surface area (Å²) in [5, 5.41) is 26.0. The average molecular weight is 389 g/mol. The molecule has 0 saturated carbocycles. The first-order valence-electron chi connectivity index (χ1n) is 9.00. The monoisotopic (exact) mass is 389 g/mol. The summed E-state index contributed by atoms with van der Waals surface area (Å²) in [7, 11) is 0. The van der Waals surface area contributed by atoms with Crippen LogP contribution in [0.25, 0.3) is 5.57 Å². The minimum Gasteiger partial charge on any atom is -0.543 e. The molecule has 1 fully saturated rings. The Morgan fingerprint density at radius 2 is 2.04 bits per heavy atom. The minimum absolute atomic E-state index is 0. The van der Waals surface area contributed by atoms with Crippen LogP contribution in [0.1, 0.15) is 24.6 Å². The van der Waals surface area contributed by atoms with E-state index >= 15 is 0 Å². The zero-order valence-corrected chi connectivity index (χ0v) is 17.9. The van der Waals surface area contributed by atoms with Gasteiger partial charge in [-0.1, -0.05) is 30.3 Å². The molecule has 0 aliphatic carbocycles. The standard InChI is InChI=1S/C20H21N3O4.Na/c1-12(24)17-16-11-14(18(20(26)27)23(16)19(17)25)15-8-10-22(21-15)9-7-13-5-3-2-4-6-13;/h2-6,8,10,12,16-17,24H,7,9,11H2,1H3,(H,26,27);/q;+1/p-1/t12-,16-,17-;/m1./s1. The maximum absolute atomic E-state index is 12.3. The van der Waals surface area contributed by atoms with Crippen molar-refractivity contribution in [3.05, 3.63) is 59.5 Å². The third-order valence-corrected chi connectivity index (χ3v) is 5.34. The van der Waals surface area contributed by atoms with Gasteiger partial charge in [-0.15, -0.1) is 0 Å². The number of benzene rings is 1. The number of carboxylic acids is 1. The van der Waals surface area contributed by atoms with E-state index in [4.69, 9.17) is 0 Å². The summed E-state index contributed by atoms with van der Waals surface area (Å²) in [5.74, 6) is -2.33. The number of carbonyl (C=O) groups excluding carboxylic acids is 2. The third kappa shape index (κ3) is 3.55. The van der Waals surface area contributed by atoms with E-state index in [1.807, 2.05) is 36.5 Å². The quantitative estimate of drug-likeness (QED) is 0.425. The molecule has 2 aliphatic rings. The van der Waals surface area contributed by atoms with Crippen LogP contribution in [-0.2, 0) is 22.6 Å². The van der Waals surface area contributed by atoms with Crippen LogP contribution in [0.3, 0.4) is 0 Å². The summed E-state index contributed by atoms with van der Waals surface area (Å²) < 4.78 is 1.77. The van der Waals surface area contributed by atoms with Crippen LogP contribution in [0.15, 0.2) is 48.3 Å². The van der Waals surface area contributed by atoms with E-state index in [0.29, 0.717) is 24.2 Å². The van der Waals surface area contributed by atoms with Crippen LogP contribution in [0.2, 0.25) is 0 Å². The third-order valence-electron chi connectivity index (χ3n) is 5.34. The summed E-state index contributed by atoms with van der Waals surface area (Å²) in [4.78, 5) is 25.2. The van der Waals surface area contributed by atoms with Gasteiger partial charge >= 0.3 is 29.6 Å². The molecule has 0 radical (unpaired) electrons. The van der Waals surface area contributed by atoms with Crippen LogP contribution >= 0.6 is 0 Å². The number of fused-ring (bicyclic) bond motifs is 1. The van der Waals surface area contributed by atoms with Crippen molar-refractivity contribution < 1.29 is 49.4 Å². The number of aliphatic hydroxyl groups is 1. The summed E-state index contributed by atoms with van der Waals surface area (Å²) in [6.45, 7) is 2.22. The molecular formula is C20H20N3NaO4. The van der Waals surface area contributed by atoms with Gasteiger partial charge in [-0.05, 0) is 31.4 Å².